The van der Waals surface area contributed by atoms with Crippen LogP contribution in [0.25, 0.3) is 0 Å². The van der Waals surface area contributed by atoms with Crippen molar-refractivity contribution in [1.29, 1.82) is 0 Å². The summed E-state index contributed by atoms with van der Waals surface area (Å²) in [5.41, 5.74) is 0.267. The summed E-state index contributed by atoms with van der Waals surface area (Å²) in [7, 11) is 3.72. The molecule has 1 saturated heterocycles. The van der Waals surface area contributed by atoms with Crippen LogP contribution < -0.4 is 14.8 Å². The van der Waals surface area contributed by atoms with Gasteiger partial charge in [-0.3, -0.25) is 4.79 Å². The van der Waals surface area contributed by atoms with Crippen LogP contribution in [0.2, 0.25) is 0 Å². The molecule has 1 aromatic carbocycles. The predicted molar refractivity (Wildman–Crippen MR) is 96.4 cm³/mol. The molecular formula is C19H25N3O4. The van der Waals surface area contributed by atoms with E-state index in [2.05, 4.69) is 22.4 Å². The van der Waals surface area contributed by atoms with Crippen LogP contribution in [0.4, 0.5) is 0 Å². The van der Waals surface area contributed by atoms with Gasteiger partial charge in [-0.2, -0.15) is 0 Å². The maximum absolute atomic E-state index is 12.2. The molecule has 0 radical (unpaired) electrons. The number of aromatic nitrogens is 1. The highest BCUT2D eigenvalue weighted by Crippen LogP contribution is 2.26. The van der Waals surface area contributed by atoms with Crippen LogP contribution in [0.5, 0.6) is 11.5 Å². The number of para-hydroxylation sites is 2. The number of ether oxygens (including phenoxy) is 2. The second-order valence-corrected chi connectivity index (χ2v) is 6.44. The number of rotatable bonds is 8. The Balaban J connectivity index is 1.47. The Bertz CT molecular complexity index is 731. The van der Waals surface area contributed by atoms with Gasteiger partial charge in [0.25, 0.3) is 5.91 Å². The van der Waals surface area contributed by atoms with Crippen LogP contribution in [-0.2, 0) is 6.61 Å². The second-order valence-electron chi connectivity index (χ2n) is 6.44. The second kappa shape index (κ2) is 8.71. The lowest BCUT2D eigenvalue weighted by Crippen LogP contribution is -2.31. The molecule has 1 aliphatic rings. The Morgan fingerprint density at radius 2 is 2.19 bits per heavy atom. The Labute approximate surface area is 153 Å². The van der Waals surface area contributed by atoms with Crippen molar-refractivity contribution in [1.82, 2.24) is 15.4 Å². The van der Waals surface area contributed by atoms with Gasteiger partial charge in [-0.05, 0) is 45.0 Å². The zero-order valence-corrected chi connectivity index (χ0v) is 15.2. The zero-order chi connectivity index (χ0) is 18.4. The summed E-state index contributed by atoms with van der Waals surface area (Å²) in [4.78, 5) is 14.5. The molecule has 1 atom stereocenters. The van der Waals surface area contributed by atoms with Crippen molar-refractivity contribution in [2.24, 2.45) is 0 Å². The SMILES string of the molecule is COc1ccccc1OCc1cc(C(=O)NCC[C@H]2CCCN2C)no1. The number of amides is 1. The molecule has 0 aliphatic carbocycles. The molecule has 2 heterocycles. The van der Waals surface area contributed by atoms with Gasteiger partial charge in [0.15, 0.2) is 23.0 Å². The van der Waals surface area contributed by atoms with E-state index in [0.717, 1.165) is 13.0 Å². The maximum atomic E-state index is 12.2. The van der Waals surface area contributed by atoms with Crippen molar-refractivity contribution in [3.63, 3.8) is 0 Å². The van der Waals surface area contributed by atoms with Crippen molar-refractivity contribution in [3.05, 3.63) is 41.8 Å². The van der Waals surface area contributed by atoms with Crippen molar-refractivity contribution >= 4 is 5.91 Å². The summed E-state index contributed by atoms with van der Waals surface area (Å²) in [6, 6.07) is 9.51. The number of nitrogens with one attached hydrogen (secondary N) is 1. The van der Waals surface area contributed by atoms with E-state index in [9.17, 15) is 4.79 Å². The summed E-state index contributed by atoms with van der Waals surface area (Å²) in [5.74, 6) is 1.51. The highest BCUT2D eigenvalue weighted by Gasteiger charge is 2.21. The van der Waals surface area contributed by atoms with Crippen LogP contribution in [0.3, 0.4) is 0 Å². The van der Waals surface area contributed by atoms with Gasteiger partial charge in [0.1, 0.15) is 6.61 Å². The first-order valence-electron chi connectivity index (χ1n) is 8.87. The monoisotopic (exact) mass is 359 g/mol. The van der Waals surface area contributed by atoms with E-state index in [4.69, 9.17) is 14.0 Å². The van der Waals surface area contributed by atoms with Gasteiger partial charge in [0, 0.05) is 18.7 Å². The minimum absolute atomic E-state index is 0.174. The highest BCUT2D eigenvalue weighted by atomic mass is 16.5. The number of carbonyl (C=O) groups is 1. The Morgan fingerprint density at radius 1 is 1.38 bits per heavy atom. The lowest BCUT2D eigenvalue weighted by atomic mass is 10.1. The molecule has 2 aromatic rings. The Morgan fingerprint density at radius 3 is 2.92 bits per heavy atom. The van der Waals surface area contributed by atoms with Gasteiger partial charge in [0.05, 0.1) is 7.11 Å². The summed E-state index contributed by atoms with van der Waals surface area (Å²) in [5, 5.41) is 6.73. The van der Waals surface area contributed by atoms with Gasteiger partial charge in [-0.1, -0.05) is 17.3 Å². The third kappa shape index (κ3) is 4.54. The molecule has 1 aliphatic heterocycles. The molecule has 1 amide bonds. The van der Waals surface area contributed by atoms with Crippen molar-refractivity contribution < 1.29 is 18.8 Å². The number of benzene rings is 1. The molecule has 0 saturated carbocycles. The topological polar surface area (TPSA) is 76.8 Å². The van der Waals surface area contributed by atoms with Crippen molar-refractivity contribution in [2.75, 3.05) is 27.2 Å². The minimum atomic E-state index is -0.224. The van der Waals surface area contributed by atoms with Gasteiger partial charge < -0.3 is 24.2 Å². The first-order valence-corrected chi connectivity index (χ1v) is 8.87. The number of nitrogens with zero attached hydrogens (tertiary/aromatic N) is 2. The van der Waals surface area contributed by atoms with Gasteiger partial charge in [0.2, 0.25) is 0 Å². The molecule has 1 fully saturated rings. The third-order valence-corrected chi connectivity index (χ3v) is 4.67. The minimum Gasteiger partial charge on any atom is -0.493 e. The van der Waals surface area contributed by atoms with E-state index in [0.29, 0.717) is 29.8 Å². The lowest BCUT2D eigenvalue weighted by molar-refractivity contribution is 0.0941. The molecule has 7 heteroatoms. The predicted octanol–water partition coefficient (Wildman–Crippen LogP) is 2.48. The fourth-order valence-electron chi connectivity index (χ4n) is 3.16. The van der Waals surface area contributed by atoms with E-state index in [1.54, 1.807) is 13.2 Å². The Hall–Kier alpha value is -2.54. The molecular weight excluding hydrogens is 334 g/mol. The summed E-state index contributed by atoms with van der Waals surface area (Å²) in [6.45, 7) is 1.94. The van der Waals surface area contributed by atoms with E-state index in [-0.39, 0.29) is 18.2 Å². The molecule has 1 aromatic heterocycles. The third-order valence-electron chi connectivity index (χ3n) is 4.67. The first kappa shape index (κ1) is 18.3. The van der Waals surface area contributed by atoms with E-state index < -0.39 is 0 Å². The smallest absolute Gasteiger partial charge is 0.273 e. The van der Waals surface area contributed by atoms with E-state index >= 15 is 0 Å². The van der Waals surface area contributed by atoms with Gasteiger partial charge >= 0.3 is 0 Å². The molecule has 0 unspecified atom stereocenters. The number of hydrogen-bond acceptors (Lipinski definition) is 6. The molecule has 0 bridgehead atoms. The summed E-state index contributed by atoms with van der Waals surface area (Å²) >= 11 is 0. The number of likely N-dealkylation sites (tertiary alicyclic amines) is 1. The fourth-order valence-corrected chi connectivity index (χ4v) is 3.16. The molecule has 7 nitrogen and oxygen atoms in total. The van der Waals surface area contributed by atoms with Crippen LogP contribution >= 0.6 is 0 Å². The zero-order valence-electron chi connectivity index (χ0n) is 15.2. The molecule has 0 spiro atoms. The largest absolute Gasteiger partial charge is 0.493 e. The molecule has 140 valence electrons. The summed E-state index contributed by atoms with van der Waals surface area (Å²) < 4.78 is 16.1. The Kier molecular flexibility index (Phi) is 6.12. The number of methoxy groups -OCH3 is 1. The first-order chi connectivity index (χ1) is 12.7. The number of hydrogen-bond donors (Lipinski definition) is 1. The maximum Gasteiger partial charge on any atom is 0.273 e. The number of carbonyl (C=O) groups excluding carboxylic acids is 1. The summed E-state index contributed by atoms with van der Waals surface area (Å²) in [6.07, 6.45) is 3.37. The van der Waals surface area contributed by atoms with Crippen LogP contribution in [0, 0.1) is 0 Å². The van der Waals surface area contributed by atoms with Crippen molar-refractivity contribution in [3.8, 4) is 11.5 Å². The normalized spacial score (nSPS) is 17.2. The van der Waals surface area contributed by atoms with Crippen LogP contribution in [0.15, 0.2) is 34.9 Å². The lowest BCUT2D eigenvalue weighted by Gasteiger charge is -2.18. The highest BCUT2D eigenvalue weighted by molar-refractivity contribution is 5.92. The quantitative estimate of drug-likeness (QED) is 0.780. The molecule has 1 N–H and O–H groups in total. The van der Waals surface area contributed by atoms with Gasteiger partial charge in [-0.25, -0.2) is 0 Å². The van der Waals surface area contributed by atoms with Crippen LogP contribution in [-0.4, -0.2) is 49.3 Å². The standard InChI is InChI=1S/C19H25N3O4/c1-22-11-5-6-14(22)9-10-20-19(23)16-12-15(26-21-16)13-25-18-8-4-3-7-17(18)24-2/h3-4,7-8,12,14H,5-6,9-11,13H2,1-2H3,(H,20,23)/t14-/m1/s1. The average Bonchev–Trinajstić information content (AvgIpc) is 3.29. The average molecular weight is 359 g/mol. The van der Waals surface area contributed by atoms with E-state index in [1.807, 2.05) is 24.3 Å². The van der Waals surface area contributed by atoms with Crippen LogP contribution in [0.1, 0.15) is 35.5 Å². The van der Waals surface area contributed by atoms with E-state index in [1.165, 1.54) is 12.8 Å². The molecule has 3 rings (SSSR count). The fraction of sp³-hybridized carbons (Fsp3) is 0.474. The van der Waals surface area contributed by atoms with Gasteiger partial charge in [-0.15, -0.1) is 0 Å². The molecule has 26 heavy (non-hydrogen) atoms. The van der Waals surface area contributed by atoms with Crippen molar-refractivity contribution in [2.45, 2.75) is 31.9 Å².